The summed E-state index contributed by atoms with van der Waals surface area (Å²) in [5, 5.41) is 9.33. The zero-order valence-electron chi connectivity index (χ0n) is 15.4. The van der Waals surface area contributed by atoms with Crippen molar-refractivity contribution in [3.8, 4) is 17.1 Å². The van der Waals surface area contributed by atoms with Crippen LogP contribution in [0, 0.1) is 5.82 Å². The third kappa shape index (κ3) is 4.23. The third-order valence-electron chi connectivity index (χ3n) is 4.33. The smallest absolute Gasteiger partial charge is 0.265 e. The minimum atomic E-state index is -0.558. The number of rotatable bonds is 5. The normalized spacial score (nSPS) is 15.2. The van der Waals surface area contributed by atoms with Crippen molar-refractivity contribution in [2.24, 2.45) is 0 Å². The second-order valence-corrected chi connectivity index (χ2v) is 6.53. The van der Waals surface area contributed by atoms with Crippen LogP contribution >= 0.6 is 0 Å². The van der Waals surface area contributed by atoms with Gasteiger partial charge in [-0.25, -0.2) is 4.39 Å². The highest BCUT2D eigenvalue weighted by molar-refractivity contribution is 5.99. The molecule has 0 aliphatic carbocycles. The number of benzene rings is 2. The number of aryl methyl sites for hydroxylation is 1. The zero-order chi connectivity index (χ0) is 20.4. The second-order valence-electron chi connectivity index (χ2n) is 6.53. The molecule has 1 aliphatic rings. The van der Waals surface area contributed by atoms with Gasteiger partial charge in [0.2, 0.25) is 17.6 Å². The topological polar surface area (TPSA) is 106 Å². The SMILES string of the molecule is C[C@H]1Oc2ccc(NC(=O)CCc3nc(-c4ccc(F)cc4)no3)cc2NC1=O. The molecule has 2 N–H and O–H groups in total. The van der Waals surface area contributed by atoms with Gasteiger partial charge < -0.3 is 19.9 Å². The molecule has 1 aromatic heterocycles. The van der Waals surface area contributed by atoms with Gasteiger partial charge in [0.05, 0.1) is 5.69 Å². The number of nitrogens with one attached hydrogen (secondary N) is 2. The van der Waals surface area contributed by atoms with Crippen molar-refractivity contribution >= 4 is 23.2 Å². The van der Waals surface area contributed by atoms with Crippen LogP contribution in [0.2, 0.25) is 0 Å². The van der Waals surface area contributed by atoms with E-state index in [-0.39, 0.29) is 30.5 Å². The number of fused-ring (bicyclic) bond motifs is 1. The van der Waals surface area contributed by atoms with E-state index in [9.17, 15) is 14.0 Å². The Morgan fingerprint density at radius 2 is 2.03 bits per heavy atom. The van der Waals surface area contributed by atoms with Gasteiger partial charge in [-0.15, -0.1) is 0 Å². The molecule has 0 bridgehead atoms. The van der Waals surface area contributed by atoms with E-state index in [0.29, 0.717) is 34.4 Å². The number of carbonyl (C=O) groups excluding carboxylic acids is 2. The predicted molar refractivity (Wildman–Crippen MR) is 102 cm³/mol. The summed E-state index contributed by atoms with van der Waals surface area (Å²) in [4.78, 5) is 28.1. The Hall–Kier alpha value is -3.75. The van der Waals surface area contributed by atoms with Crippen molar-refractivity contribution in [3.63, 3.8) is 0 Å². The van der Waals surface area contributed by atoms with Gasteiger partial charge in [-0.3, -0.25) is 9.59 Å². The van der Waals surface area contributed by atoms with E-state index >= 15 is 0 Å². The Morgan fingerprint density at radius 1 is 1.24 bits per heavy atom. The first-order chi connectivity index (χ1) is 14.0. The fourth-order valence-corrected chi connectivity index (χ4v) is 2.80. The Morgan fingerprint density at radius 3 is 2.83 bits per heavy atom. The van der Waals surface area contributed by atoms with E-state index in [4.69, 9.17) is 9.26 Å². The number of anilines is 2. The van der Waals surface area contributed by atoms with Gasteiger partial charge in [0.15, 0.2) is 6.10 Å². The molecule has 9 heteroatoms. The van der Waals surface area contributed by atoms with Crippen molar-refractivity contribution in [3.05, 3.63) is 54.2 Å². The maximum Gasteiger partial charge on any atom is 0.265 e. The molecule has 4 rings (SSSR count). The number of halogens is 1. The molecule has 1 aliphatic heterocycles. The molecule has 0 radical (unpaired) electrons. The quantitative estimate of drug-likeness (QED) is 0.686. The summed E-state index contributed by atoms with van der Waals surface area (Å²) in [7, 11) is 0. The van der Waals surface area contributed by atoms with Crippen LogP contribution in [0.25, 0.3) is 11.4 Å². The molecule has 2 heterocycles. The van der Waals surface area contributed by atoms with Crippen molar-refractivity contribution in [2.75, 3.05) is 10.6 Å². The lowest BCUT2D eigenvalue weighted by molar-refractivity contribution is -0.122. The van der Waals surface area contributed by atoms with E-state index in [1.54, 1.807) is 37.3 Å². The van der Waals surface area contributed by atoms with Crippen molar-refractivity contribution < 1.29 is 23.2 Å². The molecule has 29 heavy (non-hydrogen) atoms. The lowest BCUT2D eigenvalue weighted by Gasteiger charge is -2.23. The molecular weight excluding hydrogens is 379 g/mol. The molecule has 0 saturated carbocycles. The summed E-state index contributed by atoms with van der Waals surface area (Å²) < 4.78 is 23.6. The molecular formula is C20H17FN4O4. The van der Waals surface area contributed by atoms with Gasteiger partial charge in [0.1, 0.15) is 11.6 Å². The molecule has 2 aromatic carbocycles. The van der Waals surface area contributed by atoms with Crippen LogP contribution in [0.15, 0.2) is 47.0 Å². The summed E-state index contributed by atoms with van der Waals surface area (Å²) in [6, 6.07) is 10.7. The van der Waals surface area contributed by atoms with Gasteiger partial charge >= 0.3 is 0 Å². The van der Waals surface area contributed by atoms with Gasteiger partial charge in [0, 0.05) is 24.1 Å². The fourth-order valence-electron chi connectivity index (χ4n) is 2.80. The molecule has 8 nitrogen and oxygen atoms in total. The van der Waals surface area contributed by atoms with Crippen molar-refractivity contribution in [2.45, 2.75) is 25.9 Å². The molecule has 3 aromatic rings. The number of amides is 2. The predicted octanol–water partition coefficient (Wildman–Crippen LogP) is 3.17. The lowest BCUT2D eigenvalue weighted by atomic mass is 10.2. The molecule has 148 valence electrons. The van der Waals surface area contributed by atoms with E-state index in [2.05, 4.69) is 20.8 Å². The first kappa shape index (κ1) is 18.6. The van der Waals surface area contributed by atoms with Crippen molar-refractivity contribution in [1.82, 2.24) is 10.1 Å². The second kappa shape index (κ2) is 7.70. The maximum absolute atomic E-state index is 13.0. The largest absolute Gasteiger partial charge is 0.479 e. The zero-order valence-corrected chi connectivity index (χ0v) is 15.4. The number of hydrogen-bond donors (Lipinski definition) is 2. The monoisotopic (exact) mass is 396 g/mol. The van der Waals surface area contributed by atoms with E-state index in [1.165, 1.54) is 12.1 Å². The summed E-state index contributed by atoms with van der Waals surface area (Å²) in [6.07, 6.45) is -0.179. The summed E-state index contributed by atoms with van der Waals surface area (Å²) in [5.74, 6) is 0.350. The maximum atomic E-state index is 13.0. The Labute approximate surface area is 165 Å². The van der Waals surface area contributed by atoms with Crippen LogP contribution in [0.4, 0.5) is 15.8 Å². The number of ether oxygens (including phenoxy) is 1. The first-order valence-electron chi connectivity index (χ1n) is 8.98. The van der Waals surface area contributed by atoms with Crippen molar-refractivity contribution in [1.29, 1.82) is 0 Å². The average molecular weight is 396 g/mol. The van der Waals surface area contributed by atoms with E-state index in [0.717, 1.165) is 0 Å². The van der Waals surface area contributed by atoms with Gasteiger partial charge in [-0.2, -0.15) is 4.98 Å². The molecule has 2 amide bonds. The van der Waals surface area contributed by atoms with E-state index < -0.39 is 6.10 Å². The van der Waals surface area contributed by atoms with Gasteiger partial charge in [-0.05, 0) is 49.4 Å². The minimum Gasteiger partial charge on any atom is -0.479 e. The van der Waals surface area contributed by atoms with Gasteiger partial charge in [0.25, 0.3) is 5.91 Å². The fraction of sp³-hybridized carbons (Fsp3) is 0.200. The lowest BCUT2D eigenvalue weighted by Crippen LogP contribution is -2.34. The van der Waals surface area contributed by atoms with Crippen LogP contribution in [-0.2, 0) is 16.0 Å². The highest BCUT2D eigenvalue weighted by atomic mass is 19.1. The standard InChI is InChI=1S/C20H17FN4O4/c1-11-20(27)23-15-10-14(6-7-16(15)28-11)22-17(26)8-9-18-24-19(25-29-18)12-2-4-13(21)5-3-12/h2-7,10-11H,8-9H2,1H3,(H,22,26)(H,23,27)/t11-/m1/s1. The van der Waals surface area contributed by atoms with Crippen LogP contribution < -0.4 is 15.4 Å². The highest BCUT2D eigenvalue weighted by Gasteiger charge is 2.23. The molecule has 0 spiro atoms. The molecule has 1 atom stereocenters. The van der Waals surface area contributed by atoms with E-state index in [1.807, 2.05) is 0 Å². The summed E-state index contributed by atoms with van der Waals surface area (Å²) in [6.45, 7) is 1.66. The van der Waals surface area contributed by atoms with Crippen LogP contribution in [-0.4, -0.2) is 28.1 Å². The third-order valence-corrected chi connectivity index (χ3v) is 4.33. The molecule has 0 fully saturated rings. The number of hydrogen-bond acceptors (Lipinski definition) is 6. The van der Waals surface area contributed by atoms with Crippen LogP contribution in [0.1, 0.15) is 19.2 Å². The Bertz CT molecular complexity index is 1060. The first-order valence-corrected chi connectivity index (χ1v) is 8.98. The Balaban J connectivity index is 1.34. The molecule has 0 saturated heterocycles. The summed E-state index contributed by atoms with van der Waals surface area (Å²) in [5.41, 5.74) is 1.66. The Kier molecular flexibility index (Phi) is 4.94. The molecule has 0 unspecified atom stereocenters. The number of nitrogens with zero attached hydrogens (tertiary/aromatic N) is 2. The minimum absolute atomic E-state index is 0.127. The van der Waals surface area contributed by atoms with Crippen LogP contribution in [0.3, 0.4) is 0 Å². The summed E-state index contributed by atoms with van der Waals surface area (Å²) >= 11 is 0. The number of aromatic nitrogens is 2. The average Bonchev–Trinajstić information content (AvgIpc) is 3.17. The highest BCUT2D eigenvalue weighted by Crippen LogP contribution is 2.32. The van der Waals surface area contributed by atoms with Crippen LogP contribution in [0.5, 0.6) is 5.75 Å². The van der Waals surface area contributed by atoms with Gasteiger partial charge in [-0.1, -0.05) is 5.16 Å². The number of carbonyl (C=O) groups is 2.